The van der Waals surface area contributed by atoms with Gasteiger partial charge in [0.1, 0.15) is 5.58 Å². The van der Waals surface area contributed by atoms with E-state index in [0.29, 0.717) is 43.6 Å². The molecular weight excluding hydrogens is 531 g/mol. The lowest BCUT2D eigenvalue weighted by Gasteiger charge is -2.26. The quantitative estimate of drug-likeness (QED) is 0.344. The van der Waals surface area contributed by atoms with Gasteiger partial charge in [-0.2, -0.15) is 13.2 Å². The highest BCUT2D eigenvalue weighted by atomic mass is 19.4. The number of aryl methyl sites for hydroxylation is 1. The number of nitrogens with zero attached hydrogens (tertiary/aromatic N) is 5. The van der Waals surface area contributed by atoms with Crippen LogP contribution in [0.25, 0.3) is 22.6 Å². The van der Waals surface area contributed by atoms with Crippen LogP contribution in [0, 0.1) is 0 Å². The number of hydrogen-bond acceptors (Lipinski definition) is 8. The van der Waals surface area contributed by atoms with Crippen molar-refractivity contribution in [1.82, 2.24) is 30.4 Å². The molecule has 3 heterocycles. The minimum absolute atomic E-state index is 0.0378. The molecule has 0 radical (unpaired) electrons. The Morgan fingerprint density at radius 2 is 1.93 bits per heavy atom. The number of hydrogen-bond donors (Lipinski definition) is 2. The molecule has 2 amide bonds. The summed E-state index contributed by atoms with van der Waals surface area (Å²) in [6.07, 6.45) is -4.15. The van der Waals surface area contributed by atoms with E-state index in [4.69, 9.17) is 9.15 Å². The lowest BCUT2D eigenvalue weighted by molar-refractivity contribution is -0.138. The van der Waals surface area contributed by atoms with Crippen LogP contribution in [0.1, 0.15) is 34.8 Å². The Bertz CT molecular complexity index is 1530. The molecule has 0 spiro atoms. The number of carbonyl (C=O) groups is 2. The number of rotatable bonds is 7. The molecule has 40 heavy (non-hydrogen) atoms. The standard InChI is InChI=1S/C26H26F3N7O4/c1-2-3-16-6-7-19(14-20(16)26(27,28)29)31-24(37)18-5-4-17-12-22(40-21(17)13-18)23-32-34-36(33-23)15-39-25(38)35-10-8-30-9-11-35/h4-7,12-14,30H,2-3,8-11,15H2,1H3,(H,31,37). The average molecular weight is 558 g/mol. The number of tetrazole rings is 1. The van der Waals surface area contributed by atoms with Gasteiger partial charge in [0.15, 0.2) is 5.76 Å². The SMILES string of the molecule is CCCc1ccc(NC(=O)c2ccc3cc(-c4nnn(COC(=O)N5CCNCC5)n4)oc3c2)cc1C(F)(F)F. The van der Waals surface area contributed by atoms with Crippen molar-refractivity contribution in [2.45, 2.75) is 32.7 Å². The summed E-state index contributed by atoms with van der Waals surface area (Å²) in [5, 5.41) is 18.3. The lowest BCUT2D eigenvalue weighted by Crippen LogP contribution is -2.46. The molecule has 11 nitrogen and oxygen atoms in total. The van der Waals surface area contributed by atoms with Gasteiger partial charge in [-0.1, -0.05) is 25.5 Å². The monoisotopic (exact) mass is 557 g/mol. The maximum absolute atomic E-state index is 13.5. The van der Waals surface area contributed by atoms with Crippen LogP contribution in [0.5, 0.6) is 0 Å². The average Bonchev–Trinajstić information content (AvgIpc) is 3.59. The molecule has 210 valence electrons. The summed E-state index contributed by atoms with van der Waals surface area (Å²) >= 11 is 0. The fourth-order valence-corrected chi connectivity index (χ4v) is 4.34. The predicted molar refractivity (Wildman–Crippen MR) is 137 cm³/mol. The first-order chi connectivity index (χ1) is 19.2. The third-order valence-corrected chi connectivity index (χ3v) is 6.33. The highest BCUT2D eigenvalue weighted by molar-refractivity contribution is 6.06. The second-order valence-corrected chi connectivity index (χ2v) is 9.20. The molecule has 14 heteroatoms. The fourth-order valence-electron chi connectivity index (χ4n) is 4.34. The van der Waals surface area contributed by atoms with Crippen LogP contribution in [0.2, 0.25) is 0 Å². The number of halogens is 3. The first kappa shape index (κ1) is 27.1. The smallest absolute Gasteiger partial charge is 0.416 e. The number of ether oxygens (including phenoxy) is 1. The van der Waals surface area contributed by atoms with E-state index in [0.717, 1.165) is 10.9 Å². The first-order valence-corrected chi connectivity index (χ1v) is 12.7. The van der Waals surface area contributed by atoms with Gasteiger partial charge in [0.05, 0.1) is 5.56 Å². The van der Waals surface area contributed by atoms with Gasteiger partial charge in [-0.25, -0.2) is 4.79 Å². The van der Waals surface area contributed by atoms with Gasteiger partial charge in [0.2, 0.25) is 12.6 Å². The van der Waals surface area contributed by atoms with Crippen molar-refractivity contribution in [2.24, 2.45) is 0 Å². The Morgan fingerprint density at radius 1 is 1.12 bits per heavy atom. The Kier molecular flexibility index (Phi) is 7.69. The molecule has 4 aromatic rings. The summed E-state index contributed by atoms with van der Waals surface area (Å²) in [5.74, 6) is -0.174. The summed E-state index contributed by atoms with van der Waals surface area (Å²) in [6, 6.07) is 10.1. The molecule has 2 aromatic carbocycles. The number of aromatic nitrogens is 4. The topological polar surface area (TPSA) is 127 Å². The van der Waals surface area contributed by atoms with Gasteiger partial charge in [-0.15, -0.1) is 15.0 Å². The summed E-state index contributed by atoms with van der Waals surface area (Å²) < 4.78 is 51.6. The number of alkyl halides is 3. The zero-order chi connectivity index (χ0) is 28.3. The van der Waals surface area contributed by atoms with Crippen molar-refractivity contribution < 1.29 is 31.9 Å². The van der Waals surface area contributed by atoms with Crippen LogP contribution in [0.4, 0.5) is 23.7 Å². The van der Waals surface area contributed by atoms with E-state index in [-0.39, 0.29) is 41.6 Å². The summed E-state index contributed by atoms with van der Waals surface area (Å²) in [6.45, 7) is 4.07. The van der Waals surface area contributed by atoms with Crippen molar-refractivity contribution in [3.05, 3.63) is 59.2 Å². The van der Waals surface area contributed by atoms with Gasteiger partial charge in [-0.05, 0) is 47.5 Å². The van der Waals surface area contributed by atoms with Crippen LogP contribution in [-0.4, -0.2) is 63.3 Å². The summed E-state index contributed by atoms with van der Waals surface area (Å²) in [5.41, 5.74) is -0.0107. The van der Waals surface area contributed by atoms with E-state index in [1.54, 1.807) is 24.0 Å². The molecule has 0 atom stereocenters. The van der Waals surface area contributed by atoms with Crippen molar-refractivity contribution in [3.63, 3.8) is 0 Å². The van der Waals surface area contributed by atoms with Crippen LogP contribution < -0.4 is 10.6 Å². The molecule has 5 rings (SSSR count). The van der Waals surface area contributed by atoms with Crippen molar-refractivity contribution >= 4 is 28.7 Å². The number of carbonyl (C=O) groups excluding carboxylic acids is 2. The second-order valence-electron chi connectivity index (χ2n) is 9.20. The second kappa shape index (κ2) is 11.3. The first-order valence-electron chi connectivity index (χ1n) is 12.7. The Morgan fingerprint density at radius 3 is 2.67 bits per heavy atom. The Labute approximate surface area is 226 Å². The Hall–Kier alpha value is -4.46. The van der Waals surface area contributed by atoms with E-state index in [9.17, 15) is 22.8 Å². The molecule has 2 aromatic heterocycles. The molecule has 1 fully saturated rings. The van der Waals surface area contributed by atoms with E-state index >= 15 is 0 Å². The minimum atomic E-state index is -4.53. The number of anilines is 1. The van der Waals surface area contributed by atoms with Crippen molar-refractivity contribution in [3.8, 4) is 11.6 Å². The van der Waals surface area contributed by atoms with Gasteiger partial charge in [0.25, 0.3) is 5.91 Å². The van der Waals surface area contributed by atoms with Crippen molar-refractivity contribution in [2.75, 3.05) is 31.5 Å². The molecule has 1 aliphatic rings. The normalized spacial score (nSPS) is 13.9. The van der Waals surface area contributed by atoms with E-state index in [2.05, 4.69) is 26.0 Å². The maximum atomic E-state index is 13.5. The summed E-state index contributed by atoms with van der Waals surface area (Å²) in [4.78, 5) is 27.7. The molecule has 2 N–H and O–H groups in total. The highest BCUT2D eigenvalue weighted by Crippen LogP contribution is 2.34. The minimum Gasteiger partial charge on any atom is -0.453 e. The Balaban J connectivity index is 1.27. The van der Waals surface area contributed by atoms with Crippen LogP contribution in [0.3, 0.4) is 0 Å². The zero-order valence-corrected chi connectivity index (χ0v) is 21.5. The number of nitrogens with one attached hydrogen (secondary N) is 2. The molecule has 0 bridgehead atoms. The van der Waals surface area contributed by atoms with E-state index < -0.39 is 23.7 Å². The number of fused-ring (bicyclic) bond motifs is 1. The maximum Gasteiger partial charge on any atom is 0.416 e. The van der Waals surface area contributed by atoms with E-state index in [1.807, 2.05) is 0 Å². The predicted octanol–water partition coefficient (Wildman–Crippen LogP) is 4.31. The molecule has 1 saturated heterocycles. The highest BCUT2D eigenvalue weighted by Gasteiger charge is 2.33. The molecule has 0 unspecified atom stereocenters. The molecule has 0 aliphatic carbocycles. The van der Waals surface area contributed by atoms with Crippen LogP contribution in [0.15, 0.2) is 46.9 Å². The number of furan rings is 1. The largest absolute Gasteiger partial charge is 0.453 e. The van der Waals surface area contributed by atoms with Crippen LogP contribution >= 0.6 is 0 Å². The number of benzene rings is 2. The lowest BCUT2D eigenvalue weighted by atomic mass is 10.0. The number of piperazine rings is 1. The van der Waals surface area contributed by atoms with Crippen molar-refractivity contribution in [1.29, 1.82) is 0 Å². The van der Waals surface area contributed by atoms with Gasteiger partial charge in [0, 0.05) is 42.8 Å². The molecular formula is C26H26F3N7O4. The zero-order valence-electron chi connectivity index (χ0n) is 21.5. The van der Waals surface area contributed by atoms with Crippen LogP contribution in [-0.2, 0) is 24.1 Å². The van der Waals surface area contributed by atoms with Gasteiger partial charge >= 0.3 is 12.3 Å². The fraction of sp³-hybridized carbons (Fsp3) is 0.346. The van der Waals surface area contributed by atoms with E-state index in [1.165, 1.54) is 24.3 Å². The third kappa shape index (κ3) is 6.06. The summed E-state index contributed by atoms with van der Waals surface area (Å²) in [7, 11) is 0. The number of amides is 2. The third-order valence-electron chi connectivity index (χ3n) is 6.33. The molecule has 1 aliphatic heterocycles. The molecule has 0 saturated carbocycles. The van der Waals surface area contributed by atoms with Gasteiger partial charge < -0.3 is 24.7 Å². The van der Waals surface area contributed by atoms with Gasteiger partial charge in [-0.3, -0.25) is 4.79 Å².